The van der Waals surface area contributed by atoms with E-state index < -0.39 is 36.8 Å². The van der Waals surface area contributed by atoms with Gasteiger partial charge in [0.1, 0.15) is 17.4 Å². The summed E-state index contributed by atoms with van der Waals surface area (Å²) in [6.07, 6.45) is -4.14. The molecule has 0 aromatic heterocycles. The predicted octanol–water partition coefficient (Wildman–Crippen LogP) is 5.19. The van der Waals surface area contributed by atoms with Crippen LogP contribution in [-0.2, 0) is 17.9 Å². The van der Waals surface area contributed by atoms with Crippen LogP contribution < -0.4 is 10.1 Å². The van der Waals surface area contributed by atoms with Crippen molar-refractivity contribution < 1.29 is 45.5 Å². The molecule has 3 rings (SSSR count). The molecule has 1 saturated heterocycles. The fraction of sp³-hybridized carbons (Fsp3) is 0.462. The van der Waals surface area contributed by atoms with Crippen molar-refractivity contribution in [2.24, 2.45) is 0 Å². The zero-order valence-corrected chi connectivity index (χ0v) is 20.9. The van der Waals surface area contributed by atoms with Gasteiger partial charge in [0.25, 0.3) is 0 Å². The summed E-state index contributed by atoms with van der Waals surface area (Å²) in [7, 11) is 0. The Balaban J connectivity index is 0.000000745. The molecule has 2 amide bonds. The van der Waals surface area contributed by atoms with Crippen molar-refractivity contribution in [2.75, 3.05) is 20.1 Å². The molecule has 38 heavy (non-hydrogen) atoms. The highest BCUT2D eigenvalue weighted by atomic mass is 19.4. The van der Waals surface area contributed by atoms with Gasteiger partial charge in [-0.3, -0.25) is 0 Å². The zero-order valence-electron chi connectivity index (χ0n) is 23.9. The van der Waals surface area contributed by atoms with E-state index in [0.29, 0.717) is 25.9 Å². The number of aliphatic carboxylic acids is 1. The minimum absolute atomic E-state index is 0.0441. The maximum absolute atomic E-state index is 14.3. The Kier molecular flexibility index (Phi) is 9.61. The zero-order chi connectivity index (χ0) is 31.0. The lowest BCUT2D eigenvalue weighted by molar-refractivity contribution is -0.192. The summed E-state index contributed by atoms with van der Waals surface area (Å²) < 4.78 is 87.9. The number of rotatable bonds is 7. The van der Waals surface area contributed by atoms with Gasteiger partial charge in [-0.15, -0.1) is 0 Å². The summed E-state index contributed by atoms with van der Waals surface area (Å²) in [5.41, 5.74) is 1.07. The second-order valence-electron chi connectivity index (χ2n) is 8.85. The van der Waals surface area contributed by atoms with Crippen molar-refractivity contribution in [3.63, 3.8) is 0 Å². The van der Waals surface area contributed by atoms with Crippen LogP contribution >= 0.6 is 0 Å². The van der Waals surface area contributed by atoms with Gasteiger partial charge in [-0.1, -0.05) is 18.2 Å². The third-order valence-corrected chi connectivity index (χ3v) is 5.50. The minimum atomic E-state index is -5.08. The standard InChI is InChI=1S/C24H31F2N3O2.C2HF3O2/c1-17(2)31-22-8-4-18(5-9-22)15-27-24(30)29(21-10-12-28(3)13-11-21)16-19-6-7-20(25)14-23(19)26;3-2(4,5)1(6)7/h4-9,14,17,21H,10-13,15-16H2,1-3H3,(H,27,30);(H,6,7)/i3D3;. The number of carbonyl (C=O) groups is 2. The van der Waals surface area contributed by atoms with Gasteiger partial charge in [0.05, 0.1) is 12.6 Å². The number of alkyl halides is 3. The van der Waals surface area contributed by atoms with Crippen LogP contribution in [0.4, 0.5) is 26.7 Å². The quantitative estimate of drug-likeness (QED) is 0.466. The van der Waals surface area contributed by atoms with Crippen LogP contribution in [-0.4, -0.2) is 65.3 Å². The Labute approximate surface area is 222 Å². The summed E-state index contributed by atoms with van der Waals surface area (Å²) in [6.45, 7) is 2.51. The first-order valence-corrected chi connectivity index (χ1v) is 11.8. The number of halogens is 5. The molecular weight excluding hydrogens is 513 g/mol. The van der Waals surface area contributed by atoms with Crippen molar-refractivity contribution in [2.45, 2.75) is 58.1 Å². The van der Waals surface area contributed by atoms with Gasteiger partial charge >= 0.3 is 18.2 Å². The largest absolute Gasteiger partial charge is 0.491 e. The number of amides is 2. The Bertz CT molecular complexity index is 1160. The van der Waals surface area contributed by atoms with Crippen molar-refractivity contribution in [1.82, 2.24) is 15.1 Å². The molecular formula is C26H32F5N3O4. The number of nitrogens with zero attached hydrogens (tertiary/aromatic N) is 2. The lowest BCUT2D eigenvalue weighted by Gasteiger charge is -2.37. The molecule has 0 bridgehead atoms. The SMILES string of the molecule is O=C(O)C(F)(F)F.[2H]C([2H])([2H])N1CCC(N(Cc2ccc(F)cc2F)C(=O)NCc2ccc(OC(C)C)cc2)CC1. The highest BCUT2D eigenvalue weighted by Gasteiger charge is 2.38. The van der Waals surface area contributed by atoms with E-state index in [1.54, 1.807) is 0 Å². The number of carboxylic acids is 1. The van der Waals surface area contributed by atoms with E-state index in [-0.39, 0.29) is 30.8 Å². The number of ether oxygens (including phenoxy) is 1. The molecule has 1 aliphatic heterocycles. The fourth-order valence-corrected chi connectivity index (χ4v) is 3.61. The fourth-order valence-electron chi connectivity index (χ4n) is 3.61. The van der Waals surface area contributed by atoms with E-state index in [1.807, 2.05) is 38.1 Å². The Morgan fingerprint density at radius 2 is 1.76 bits per heavy atom. The maximum Gasteiger partial charge on any atom is 0.490 e. The number of likely N-dealkylation sites (tertiary alicyclic amines) is 1. The molecule has 210 valence electrons. The molecule has 0 atom stereocenters. The molecule has 0 aliphatic carbocycles. The summed E-state index contributed by atoms with van der Waals surface area (Å²) in [5, 5.41) is 10.00. The van der Waals surface area contributed by atoms with Crippen LogP contribution in [0.15, 0.2) is 42.5 Å². The number of hydrogen-bond acceptors (Lipinski definition) is 4. The molecule has 7 nitrogen and oxygen atoms in total. The van der Waals surface area contributed by atoms with Crippen molar-refractivity contribution in [3.8, 4) is 5.75 Å². The van der Waals surface area contributed by atoms with Crippen molar-refractivity contribution in [1.29, 1.82) is 0 Å². The maximum atomic E-state index is 14.3. The van der Waals surface area contributed by atoms with E-state index >= 15 is 0 Å². The van der Waals surface area contributed by atoms with Gasteiger partial charge in [-0.25, -0.2) is 18.4 Å². The predicted molar refractivity (Wildman–Crippen MR) is 131 cm³/mol. The molecule has 2 N–H and O–H groups in total. The normalized spacial score (nSPS) is 15.9. The number of carboxylic acid groups (broad SMARTS) is 1. The highest BCUT2D eigenvalue weighted by molar-refractivity contribution is 5.74. The Morgan fingerprint density at radius 1 is 1.16 bits per heavy atom. The number of nitrogens with one attached hydrogen (secondary N) is 1. The Morgan fingerprint density at radius 3 is 2.26 bits per heavy atom. The molecule has 12 heteroatoms. The van der Waals surface area contributed by atoms with Gasteiger partial charge in [0.15, 0.2) is 0 Å². The van der Waals surface area contributed by atoms with E-state index in [4.69, 9.17) is 18.8 Å². The smallest absolute Gasteiger partial charge is 0.490 e. The summed E-state index contributed by atoms with van der Waals surface area (Å²) in [6, 6.07) is 10.00. The van der Waals surface area contributed by atoms with Gasteiger partial charge in [0, 0.05) is 28.3 Å². The lowest BCUT2D eigenvalue weighted by atomic mass is 10.0. The molecule has 0 spiro atoms. The van der Waals surface area contributed by atoms with Gasteiger partial charge in [0.2, 0.25) is 0 Å². The highest BCUT2D eigenvalue weighted by Crippen LogP contribution is 2.21. The molecule has 1 fully saturated rings. The van der Waals surface area contributed by atoms with E-state index in [9.17, 15) is 26.7 Å². The molecule has 2 aromatic rings. The summed E-state index contributed by atoms with van der Waals surface area (Å²) in [5.74, 6) is -3.43. The minimum Gasteiger partial charge on any atom is -0.491 e. The number of carbonyl (C=O) groups excluding carboxylic acids is 1. The molecule has 0 saturated carbocycles. The Hall–Kier alpha value is -3.41. The molecule has 0 unspecified atom stereocenters. The van der Waals surface area contributed by atoms with Crippen LogP contribution in [0, 0.1) is 11.6 Å². The van der Waals surface area contributed by atoms with E-state index in [1.165, 1.54) is 15.9 Å². The molecule has 0 radical (unpaired) electrons. The van der Waals surface area contributed by atoms with Crippen LogP contribution in [0.5, 0.6) is 5.75 Å². The second kappa shape index (κ2) is 13.9. The summed E-state index contributed by atoms with van der Waals surface area (Å²) in [4.78, 5) is 25.0. The number of urea groups is 1. The van der Waals surface area contributed by atoms with Crippen molar-refractivity contribution >= 4 is 12.0 Å². The van der Waals surface area contributed by atoms with Crippen LogP contribution in [0.25, 0.3) is 0 Å². The molecule has 2 aromatic carbocycles. The monoisotopic (exact) mass is 548 g/mol. The third kappa shape index (κ3) is 10.2. The molecule has 1 heterocycles. The van der Waals surface area contributed by atoms with Crippen molar-refractivity contribution in [3.05, 3.63) is 65.2 Å². The van der Waals surface area contributed by atoms with Crippen LogP contribution in [0.1, 0.15) is 41.9 Å². The third-order valence-electron chi connectivity index (χ3n) is 5.50. The number of benzene rings is 2. The van der Waals surface area contributed by atoms with E-state index in [2.05, 4.69) is 5.32 Å². The average Bonchev–Trinajstić information content (AvgIpc) is 2.87. The first-order chi connectivity index (χ1) is 19.0. The topological polar surface area (TPSA) is 82.1 Å². The second-order valence-corrected chi connectivity index (χ2v) is 8.85. The molecule has 1 aliphatic rings. The lowest BCUT2D eigenvalue weighted by Crippen LogP contribution is -2.49. The number of piperidine rings is 1. The summed E-state index contributed by atoms with van der Waals surface area (Å²) >= 11 is 0. The first kappa shape index (κ1) is 26.2. The van der Waals surface area contributed by atoms with Gasteiger partial charge in [-0.05, 0) is 70.5 Å². The average molecular weight is 549 g/mol. The first-order valence-electron chi connectivity index (χ1n) is 13.3. The number of hydrogen-bond donors (Lipinski definition) is 2. The van der Waals surface area contributed by atoms with Gasteiger partial charge < -0.3 is 25.0 Å². The van der Waals surface area contributed by atoms with Crippen LogP contribution in [0.2, 0.25) is 0 Å². The van der Waals surface area contributed by atoms with Gasteiger partial charge in [-0.2, -0.15) is 13.2 Å². The van der Waals surface area contributed by atoms with Crippen LogP contribution in [0.3, 0.4) is 0 Å². The van der Waals surface area contributed by atoms with E-state index in [0.717, 1.165) is 23.4 Å².